The molecule has 1 aliphatic heterocycles. The summed E-state index contributed by atoms with van der Waals surface area (Å²) >= 11 is 0. The predicted molar refractivity (Wildman–Crippen MR) is 64.2 cm³/mol. The second kappa shape index (κ2) is 5.48. The monoisotopic (exact) mass is 227 g/mol. The van der Waals surface area contributed by atoms with Gasteiger partial charge in [0.25, 0.3) is 0 Å². The van der Waals surface area contributed by atoms with Crippen LogP contribution >= 0.6 is 0 Å². The van der Waals surface area contributed by atoms with Crippen molar-refractivity contribution in [3.8, 4) is 0 Å². The van der Waals surface area contributed by atoms with E-state index in [0.717, 1.165) is 51.6 Å². The van der Waals surface area contributed by atoms with Gasteiger partial charge in [0, 0.05) is 12.6 Å². The summed E-state index contributed by atoms with van der Waals surface area (Å²) in [5.74, 6) is 0. The fraction of sp³-hybridized carbons (Fsp3) is 1.00. The Morgan fingerprint density at radius 3 is 2.88 bits per heavy atom. The zero-order valence-corrected chi connectivity index (χ0v) is 10.2. The summed E-state index contributed by atoms with van der Waals surface area (Å²) in [6.45, 7) is 0.930. The van der Waals surface area contributed by atoms with E-state index in [2.05, 4.69) is 0 Å². The van der Waals surface area contributed by atoms with Crippen LogP contribution in [-0.2, 0) is 4.74 Å². The lowest BCUT2D eigenvalue weighted by atomic mass is 9.79. The first-order valence-corrected chi connectivity index (χ1v) is 6.77. The first kappa shape index (κ1) is 12.3. The topological polar surface area (TPSA) is 55.5 Å². The van der Waals surface area contributed by atoms with E-state index in [4.69, 9.17) is 10.5 Å². The van der Waals surface area contributed by atoms with Gasteiger partial charge in [-0.25, -0.2) is 0 Å². The molecule has 94 valence electrons. The molecule has 3 nitrogen and oxygen atoms in total. The molecule has 3 N–H and O–H groups in total. The van der Waals surface area contributed by atoms with Crippen molar-refractivity contribution in [2.45, 2.75) is 75.5 Å². The minimum atomic E-state index is -0.476. The molecule has 0 radical (unpaired) electrons. The Morgan fingerprint density at radius 1 is 1.31 bits per heavy atom. The molecule has 1 aliphatic carbocycles. The highest BCUT2D eigenvalue weighted by molar-refractivity contribution is 4.88. The van der Waals surface area contributed by atoms with Crippen molar-refractivity contribution < 1.29 is 9.84 Å². The van der Waals surface area contributed by atoms with Gasteiger partial charge in [0.15, 0.2) is 0 Å². The van der Waals surface area contributed by atoms with Crippen molar-refractivity contribution >= 4 is 0 Å². The van der Waals surface area contributed by atoms with E-state index < -0.39 is 5.60 Å². The molecule has 3 heteroatoms. The van der Waals surface area contributed by atoms with Gasteiger partial charge in [-0.1, -0.05) is 0 Å². The highest BCUT2D eigenvalue weighted by Gasteiger charge is 2.32. The van der Waals surface area contributed by atoms with E-state index >= 15 is 0 Å². The summed E-state index contributed by atoms with van der Waals surface area (Å²) < 4.78 is 5.59. The van der Waals surface area contributed by atoms with Crippen molar-refractivity contribution in [2.24, 2.45) is 5.73 Å². The third-order valence-corrected chi connectivity index (χ3v) is 4.05. The zero-order valence-electron chi connectivity index (χ0n) is 10.2. The van der Waals surface area contributed by atoms with Gasteiger partial charge in [0.05, 0.1) is 11.7 Å². The molecule has 0 spiro atoms. The van der Waals surface area contributed by atoms with Crippen LogP contribution in [0.4, 0.5) is 0 Å². The zero-order chi connectivity index (χ0) is 11.4. The molecule has 1 saturated carbocycles. The minimum absolute atomic E-state index is 0.210. The van der Waals surface area contributed by atoms with Crippen molar-refractivity contribution in [3.05, 3.63) is 0 Å². The average molecular weight is 227 g/mol. The van der Waals surface area contributed by atoms with Crippen molar-refractivity contribution in [1.29, 1.82) is 0 Å². The number of nitrogens with two attached hydrogens (primary N) is 1. The van der Waals surface area contributed by atoms with Crippen LogP contribution in [0.15, 0.2) is 0 Å². The molecule has 0 bridgehead atoms. The highest BCUT2D eigenvalue weighted by Crippen LogP contribution is 2.32. The first-order valence-electron chi connectivity index (χ1n) is 6.77. The van der Waals surface area contributed by atoms with Gasteiger partial charge in [-0.15, -0.1) is 0 Å². The minimum Gasteiger partial charge on any atom is -0.390 e. The summed E-state index contributed by atoms with van der Waals surface area (Å²) in [6.07, 6.45) is 9.85. The highest BCUT2D eigenvalue weighted by atomic mass is 16.5. The summed E-state index contributed by atoms with van der Waals surface area (Å²) in [7, 11) is 0. The first-order chi connectivity index (χ1) is 7.68. The molecule has 1 heterocycles. The molecule has 2 aliphatic rings. The van der Waals surface area contributed by atoms with E-state index in [0.29, 0.717) is 6.10 Å². The summed E-state index contributed by atoms with van der Waals surface area (Å²) in [4.78, 5) is 0. The molecule has 2 fully saturated rings. The van der Waals surface area contributed by atoms with Crippen LogP contribution in [-0.4, -0.2) is 29.5 Å². The Morgan fingerprint density at radius 2 is 2.19 bits per heavy atom. The summed E-state index contributed by atoms with van der Waals surface area (Å²) in [6, 6.07) is 0.210. The number of hydrogen-bond acceptors (Lipinski definition) is 3. The fourth-order valence-electron chi connectivity index (χ4n) is 3.14. The molecular formula is C13H25NO2. The Hall–Kier alpha value is -0.120. The van der Waals surface area contributed by atoms with Crippen LogP contribution in [0, 0.1) is 0 Å². The maximum Gasteiger partial charge on any atom is 0.0662 e. The van der Waals surface area contributed by atoms with E-state index in [-0.39, 0.29) is 6.04 Å². The molecule has 0 aromatic rings. The quantitative estimate of drug-likeness (QED) is 0.772. The van der Waals surface area contributed by atoms with Gasteiger partial charge < -0.3 is 15.6 Å². The van der Waals surface area contributed by atoms with Gasteiger partial charge in [0.2, 0.25) is 0 Å². The van der Waals surface area contributed by atoms with E-state index in [1.165, 1.54) is 12.8 Å². The van der Waals surface area contributed by atoms with Crippen LogP contribution in [0.3, 0.4) is 0 Å². The smallest absolute Gasteiger partial charge is 0.0662 e. The molecule has 2 rings (SSSR count). The van der Waals surface area contributed by atoms with Crippen molar-refractivity contribution in [2.75, 3.05) is 6.61 Å². The van der Waals surface area contributed by atoms with Crippen LogP contribution in [0.2, 0.25) is 0 Å². The Kier molecular flexibility index (Phi) is 4.22. The van der Waals surface area contributed by atoms with Gasteiger partial charge in [0.1, 0.15) is 0 Å². The Balaban J connectivity index is 1.67. The van der Waals surface area contributed by atoms with E-state index in [1.807, 2.05) is 0 Å². The van der Waals surface area contributed by atoms with Gasteiger partial charge in [-0.3, -0.25) is 0 Å². The molecule has 16 heavy (non-hydrogen) atoms. The largest absolute Gasteiger partial charge is 0.390 e. The van der Waals surface area contributed by atoms with Crippen molar-refractivity contribution in [1.82, 2.24) is 0 Å². The fourth-order valence-corrected chi connectivity index (χ4v) is 3.14. The number of ether oxygens (including phenoxy) is 1. The molecule has 0 amide bonds. The molecule has 0 aromatic heterocycles. The second-order valence-corrected chi connectivity index (χ2v) is 5.61. The molecule has 0 aromatic carbocycles. The van der Waals surface area contributed by atoms with Crippen LogP contribution in [0.25, 0.3) is 0 Å². The van der Waals surface area contributed by atoms with Crippen LogP contribution in [0.1, 0.15) is 57.8 Å². The molecule has 3 atom stereocenters. The summed E-state index contributed by atoms with van der Waals surface area (Å²) in [5.41, 5.74) is 5.44. The van der Waals surface area contributed by atoms with Crippen molar-refractivity contribution in [3.63, 3.8) is 0 Å². The number of hydrogen-bond donors (Lipinski definition) is 2. The van der Waals surface area contributed by atoms with Gasteiger partial charge in [-0.05, 0) is 57.8 Å². The lowest BCUT2D eigenvalue weighted by molar-refractivity contribution is -0.0149. The maximum absolute atomic E-state index is 10.4. The molecule has 3 unspecified atom stereocenters. The summed E-state index contributed by atoms with van der Waals surface area (Å²) in [5, 5.41) is 10.4. The third-order valence-electron chi connectivity index (χ3n) is 4.05. The molecular weight excluding hydrogens is 202 g/mol. The number of rotatable bonds is 4. The normalized spacial score (nSPS) is 40.1. The van der Waals surface area contributed by atoms with Crippen LogP contribution < -0.4 is 5.73 Å². The Labute approximate surface area is 98.4 Å². The van der Waals surface area contributed by atoms with E-state index in [9.17, 15) is 5.11 Å². The maximum atomic E-state index is 10.4. The predicted octanol–water partition coefficient (Wildman–Crippen LogP) is 1.97. The van der Waals surface area contributed by atoms with Gasteiger partial charge in [-0.2, -0.15) is 0 Å². The lowest BCUT2D eigenvalue weighted by Gasteiger charge is -2.35. The Bertz CT molecular complexity index is 216. The van der Waals surface area contributed by atoms with Crippen LogP contribution in [0.5, 0.6) is 0 Å². The SMILES string of the molecule is NC1CCCC(O)(CCCC2CCCO2)C1. The molecule has 1 saturated heterocycles. The third kappa shape index (κ3) is 3.44. The standard InChI is InChI=1S/C13H25NO2/c14-11-4-1-7-13(15,10-11)8-2-5-12-6-3-9-16-12/h11-12,15H,1-10,14H2. The average Bonchev–Trinajstić information content (AvgIpc) is 2.69. The lowest BCUT2D eigenvalue weighted by Crippen LogP contribution is -2.41. The van der Waals surface area contributed by atoms with Gasteiger partial charge >= 0.3 is 0 Å². The second-order valence-electron chi connectivity index (χ2n) is 5.61. The number of aliphatic hydroxyl groups is 1. The van der Waals surface area contributed by atoms with E-state index in [1.54, 1.807) is 0 Å².